The van der Waals surface area contributed by atoms with Crippen molar-refractivity contribution in [1.82, 2.24) is 20.5 Å². The summed E-state index contributed by atoms with van der Waals surface area (Å²) in [6, 6.07) is 1.50. The van der Waals surface area contributed by atoms with Gasteiger partial charge in [-0.2, -0.15) is 5.10 Å². The summed E-state index contributed by atoms with van der Waals surface area (Å²) < 4.78 is 0. The summed E-state index contributed by atoms with van der Waals surface area (Å²) in [6.07, 6.45) is 1.76. The van der Waals surface area contributed by atoms with Gasteiger partial charge >= 0.3 is 0 Å². The number of nitrogen functional groups attached to an aromatic ring is 1. The lowest BCUT2D eigenvalue weighted by Gasteiger charge is -2.08. The monoisotopic (exact) mass is 251 g/mol. The summed E-state index contributed by atoms with van der Waals surface area (Å²) in [5.74, 6) is 0.292. The standard InChI is InChI=1S/C10H13N5OS/c1-6(10-12-2-3-17-10)5-13-9(16)7-4-8(11)15-14-7/h2-4,6H,5H2,1H3,(H,13,16)(H3,11,14,15). The van der Waals surface area contributed by atoms with E-state index >= 15 is 0 Å². The zero-order chi connectivity index (χ0) is 12.3. The SMILES string of the molecule is CC(CNC(=O)c1cc(N)n[nH]1)c1nccs1. The van der Waals surface area contributed by atoms with Crippen molar-refractivity contribution in [2.45, 2.75) is 12.8 Å². The lowest BCUT2D eigenvalue weighted by Crippen LogP contribution is -2.27. The van der Waals surface area contributed by atoms with Crippen LogP contribution in [0, 0.1) is 0 Å². The molecule has 2 heterocycles. The lowest BCUT2D eigenvalue weighted by molar-refractivity contribution is 0.0946. The molecule has 0 spiro atoms. The molecule has 2 aromatic heterocycles. The Balaban J connectivity index is 1.88. The number of hydrogen-bond acceptors (Lipinski definition) is 5. The summed E-state index contributed by atoms with van der Waals surface area (Å²) in [7, 11) is 0. The topological polar surface area (TPSA) is 96.7 Å². The Bertz CT molecular complexity index is 493. The lowest BCUT2D eigenvalue weighted by atomic mass is 10.2. The van der Waals surface area contributed by atoms with E-state index in [-0.39, 0.29) is 11.8 Å². The van der Waals surface area contributed by atoms with Gasteiger partial charge in [-0.25, -0.2) is 4.98 Å². The number of rotatable bonds is 4. The molecule has 0 bridgehead atoms. The molecule has 4 N–H and O–H groups in total. The van der Waals surface area contributed by atoms with Crippen LogP contribution in [0.1, 0.15) is 28.3 Å². The molecule has 1 atom stereocenters. The molecule has 0 radical (unpaired) electrons. The fraction of sp³-hybridized carbons (Fsp3) is 0.300. The number of aromatic nitrogens is 3. The van der Waals surface area contributed by atoms with Crippen LogP contribution >= 0.6 is 11.3 Å². The van der Waals surface area contributed by atoms with E-state index in [0.717, 1.165) is 5.01 Å². The number of hydrogen-bond donors (Lipinski definition) is 3. The molecule has 0 fully saturated rings. The van der Waals surface area contributed by atoms with E-state index in [2.05, 4.69) is 20.5 Å². The number of thiazole rings is 1. The van der Waals surface area contributed by atoms with Crippen LogP contribution < -0.4 is 11.1 Å². The van der Waals surface area contributed by atoms with Gasteiger partial charge in [0.25, 0.3) is 5.91 Å². The van der Waals surface area contributed by atoms with Crippen LogP contribution in [0.2, 0.25) is 0 Å². The molecule has 90 valence electrons. The number of nitrogens with two attached hydrogens (primary N) is 1. The van der Waals surface area contributed by atoms with Crippen molar-refractivity contribution in [3.05, 3.63) is 28.3 Å². The first kappa shape index (κ1) is 11.6. The van der Waals surface area contributed by atoms with E-state index in [1.165, 1.54) is 6.07 Å². The van der Waals surface area contributed by atoms with Gasteiger partial charge in [-0.15, -0.1) is 11.3 Å². The van der Waals surface area contributed by atoms with Crippen LogP contribution in [0.5, 0.6) is 0 Å². The zero-order valence-corrected chi connectivity index (χ0v) is 10.1. The molecule has 0 aliphatic carbocycles. The number of H-pyrrole nitrogens is 1. The van der Waals surface area contributed by atoms with Crippen LogP contribution in [-0.2, 0) is 0 Å². The first-order chi connectivity index (χ1) is 8.16. The number of carbonyl (C=O) groups is 1. The van der Waals surface area contributed by atoms with Crippen molar-refractivity contribution < 1.29 is 4.79 Å². The summed E-state index contributed by atoms with van der Waals surface area (Å²) in [5, 5.41) is 12.0. The number of carbonyl (C=O) groups excluding carboxylic acids is 1. The fourth-order valence-electron chi connectivity index (χ4n) is 1.36. The van der Waals surface area contributed by atoms with Crippen molar-refractivity contribution in [3.63, 3.8) is 0 Å². The Hall–Kier alpha value is -1.89. The summed E-state index contributed by atoms with van der Waals surface area (Å²) >= 11 is 1.58. The number of nitrogens with one attached hydrogen (secondary N) is 2. The highest BCUT2D eigenvalue weighted by Crippen LogP contribution is 2.16. The molecular formula is C10H13N5OS. The van der Waals surface area contributed by atoms with Gasteiger partial charge in [0.05, 0.1) is 5.01 Å². The van der Waals surface area contributed by atoms with E-state index in [4.69, 9.17) is 5.73 Å². The predicted octanol–water partition coefficient (Wildman–Crippen LogP) is 0.982. The first-order valence-corrected chi connectivity index (χ1v) is 6.03. The molecule has 2 rings (SSSR count). The van der Waals surface area contributed by atoms with E-state index in [0.29, 0.717) is 18.1 Å². The molecule has 7 heteroatoms. The quantitative estimate of drug-likeness (QED) is 0.754. The van der Waals surface area contributed by atoms with Gasteiger partial charge in [0.2, 0.25) is 0 Å². The van der Waals surface area contributed by atoms with Gasteiger partial charge in [-0.05, 0) is 0 Å². The number of anilines is 1. The third-order valence-electron chi connectivity index (χ3n) is 2.28. The normalized spacial score (nSPS) is 12.3. The second kappa shape index (κ2) is 4.96. The van der Waals surface area contributed by atoms with E-state index in [1.54, 1.807) is 17.5 Å². The maximum atomic E-state index is 11.7. The molecule has 6 nitrogen and oxygen atoms in total. The second-order valence-corrected chi connectivity index (χ2v) is 4.61. The third kappa shape index (κ3) is 2.82. The highest BCUT2D eigenvalue weighted by molar-refractivity contribution is 7.09. The Morgan fingerprint density at radius 2 is 2.53 bits per heavy atom. The Labute approximate surface area is 102 Å². The van der Waals surface area contributed by atoms with E-state index < -0.39 is 0 Å². The minimum absolute atomic E-state index is 0.194. The number of nitrogens with zero attached hydrogens (tertiary/aromatic N) is 2. The van der Waals surface area contributed by atoms with E-state index in [9.17, 15) is 4.79 Å². The van der Waals surface area contributed by atoms with Gasteiger partial charge in [0.15, 0.2) is 0 Å². The molecule has 1 unspecified atom stereocenters. The molecule has 0 saturated carbocycles. The fourth-order valence-corrected chi connectivity index (χ4v) is 2.06. The Morgan fingerprint density at radius 1 is 1.71 bits per heavy atom. The van der Waals surface area contributed by atoms with Crippen molar-refractivity contribution >= 4 is 23.1 Å². The molecular weight excluding hydrogens is 238 g/mol. The van der Waals surface area contributed by atoms with Crippen molar-refractivity contribution in [2.75, 3.05) is 12.3 Å². The van der Waals surface area contributed by atoms with Crippen LogP contribution in [0.3, 0.4) is 0 Å². The van der Waals surface area contributed by atoms with Crippen molar-refractivity contribution in [2.24, 2.45) is 0 Å². The van der Waals surface area contributed by atoms with Crippen LogP contribution in [0.25, 0.3) is 0 Å². The average molecular weight is 251 g/mol. The first-order valence-electron chi connectivity index (χ1n) is 5.15. The van der Waals surface area contributed by atoms with Crippen LogP contribution in [0.4, 0.5) is 5.82 Å². The van der Waals surface area contributed by atoms with Gasteiger partial charge in [-0.3, -0.25) is 9.89 Å². The van der Waals surface area contributed by atoms with Gasteiger partial charge in [-0.1, -0.05) is 6.92 Å². The van der Waals surface area contributed by atoms with Crippen molar-refractivity contribution in [1.29, 1.82) is 0 Å². The summed E-state index contributed by atoms with van der Waals surface area (Å²) in [6.45, 7) is 2.55. The molecule has 17 heavy (non-hydrogen) atoms. The highest BCUT2D eigenvalue weighted by Gasteiger charge is 2.12. The number of aromatic amines is 1. The minimum atomic E-state index is -0.211. The minimum Gasteiger partial charge on any atom is -0.382 e. The predicted molar refractivity (Wildman–Crippen MR) is 65.9 cm³/mol. The van der Waals surface area contributed by atoms with Gasteiger partial charge < -0.3 is 11.1 Å². The third-order valence-corrected chi connectivity index (χ3v) is 3.29. The second-order valence-electron chi connectivity index (χ2n) is 3.69. The maximum Gasteiger partial charge on any atom is 0.269 e. The molecule has 0 saturated heterocycles. The average Bonchev–Trinajstić information content (AvgIpc) is 2.95. The summed E-state index contributed by atoms with van der Waals surface area (Å²) in [4.78, 5) is 15.9. The van der Waals surface area contributed by atoms with E-state index in [1.807, 2.05) is 12.3 Å². The molecule has 1 amide bonds. The van der Waals surface area contributed by atoms with Crippen LogP contribution in [0.15, 0.2) is 17.6 Å². The number of amides is 1. The summed E-state index contributed by atoms with van der Waals surface area (Å²) in [5.41, 5.74) is 5.79. The molecule has 0 aliphatic rings. The molecule has 0 aromatic carbocycles. The zero-order valence-electron chi connectivity index (χ0n) is 9.30. The molecule has 2 aromatic rings. The van der Waals surface area contributed by atoms with Crippen molar-refractivity contribution in [3.8, 4) is 0 Å². The largest absolute Gasteiger partial charge is 0.382 e. The maximum absolute atomic E-state index is 11.7. The Morgan fingerprint density at radius 3 is 3.12 bits per heavy atom. The van der Waals surface area contributed by atoms with Crippen LogP contribution in [-0.4, -0.2) is 27.6 Å². The van der Waals surface area contributed by atoms with Gasteiger partial charge in [0.1, 0.15) is 11.5 Å². The smallest absolute Gasteiger partial charge is 0.269 e. The van der Waals surface area contributed by atoms with Gasteiger partial charge in [0, 0.05) is 30.1 Å². The Kier molecular flexibility index (Phi) is 3.38. The highest BCUT2D eigenvalue weighted by atomic mass is 32.1. The molecule has 0 aliphatic heterocycles.